The molecule has 0 aliphatic carbocycles. The van der Waals surface area contributed by atoms with Crippen LogP contribution < -0.4 is 11.2 Å². The van der Waals surface area contributed by atoms with E-state index in [4.69, 9.17) is 0 Å². The minimum Gasteiger partial charge on any atom is -0.303 e. The average molecular weight is 325 g/mol. The first-order valence-corrected chi connectivity index (χ1v) is 7.90. The molecule has 2 aromatic heterocycles. The van der Waals surface area contributed by atoms with Crippen molar-refractivity contribution < 1.29 is 0 Å². The number of nitrogens with zero attached hydrogens (tertiary/aromatic N) is 3. The molecule has 0 aliphatic heterocycles. The van der Waals surface area contributed by atoms with Crippen molar-refractivity contribution in [1.29, 1.82) is 0 Å². The second-order valence-corrected chi connectivity index (χ2v) is 6.00. The Morgan fingerprint density at radius 2 is 1.83 bits per heavy atom. The summed E-state index contributed by atoms with van der Waals surface area (Å²) in [6, 6.07) is 9.92. The molecule has 0 saturated carbocycles. The summed E-state index contributed by atoms with van der Waals surface area (Å²) in [5.74, 6) is 0. The van der Waals surface area contributed by atoms with Gasteiger partial charge in [-0.05, 0) is 12.2 Å². The third-order valence-corrected chi connectivity index (χ3v) is 4.28. The zero-order valence-corrected chi connectivity index (χ0v) is 13.6. The number of rotatable bonds is 3. The van der Waals surface area contributed by atoms with Gasteiger partial charge in [0.15, 0.2) is 0 Å². The van der Waals surface area contributed by atoms with E-state index in [1.165, 1.54) is 29.1 Å². The lowest BCUT2D eigenvalue weighted by Gasteiger charge is -2.02. The van der Waals surface area contributed by atoms with E-state index in [1.54, 1.807) is 19.2 Å². The highest BCUT2D eigenvalue weighted by Crippen LogP contribution is 2.22. The molecular weight excluding hydrogens is 310 g/mol. The molecule has 0 bridgehead atoms. The Bertz CT molecular complexity index is 981. The van der Waals surface area contributed by atoms with Crippen LogP contribution in [0.2, 0.25) is 0 Å². The zero-order valence-electron chi connectivity index (χ0n) is 12.8. The Labute approximate surface area is 136 Å². The van der Waals surface area contributed by atoms with Crippen LogP contribution in [0.1, 0.15) is 10.6 Å². The minimum atomic E-state index is -0.340. The molecule has 0 amide bonds. The highest BCUT2D eigenvalue weighted by atomic mass is 32.1. The van der Waals surface area contributed by atoms with Gasteiger partial charge in [-0.2, -0.15) is 0 Å². The van der Waals surface area contributed by atoms with Crippen molar-refractivity contribution in [2.45, 2.75) is 0 Å². The lowest BCUT2D eigenvalue weighted by atomic mass is 10.2. The summed E-state index contributed by atoms with van der Waals surface area (Å²) in [5, 5.41) is 2.79. The SMILES string of the molecule is Cn1cc(C=Cc2nc(-c3ccccc3)cs2)c(=O)n(C)c1=O. The predicted octanol–water partition coefficient (Wildman–Crippen LogP) is 2.38. The molecule has 3 rings (SSSR count). The lowest BCUT2D eigenvalue weighted by Crippen LogP contribution is -2.37. The molecule has 5 nitrogen and oxygen atoms in total. The van der Waals surface area contributed by atoms with E-state index in [2.05, 4.69) is 4.98 Å². The highest BCUT2D eigenvalue weighted by Gasteiger charge is 2.05. The third kappa shape index (κ3) is 3.07. The maximum atomic E-state index is 12.1. The fourth-order valence-electron chi connectivity index (χ4n) is 2.22. The van der Waals surface area contributed by atoms with Crippen molar-refractivity contribution in [1.82, 2.24) is 14.1 Å². The first kappa shape index (κ1) is 15.2. The Balaban J connectivity index is 1.92. The number of thiazole rings is 1. The third-order valence-electron chi connectivity index (χ3n) is 3.47. The van der Waals surface area contributed by atoms with E-state index in [9.17, 15) is 9.59 Å². The highest BCUT2D eigenvalue weighted by molar-refractivity contribution is 7.10. The van der Waals surface area contributed by atoms with Gasteiger partial charge in [-0.3, -0.25) is 9.36 Å². The standard InChI is InChI=1S/C17H15N3O2S/c1-19-10-13(16(21)20(2)17(19)22)8-9-15-18-14(11-23-15)12-6-4-3-5-7-12/h3-11H,1-2H3. The smallest absolute Gasteiger partial charge is 0.303 e. The summed E-state index contributed by atoms with van der Waals surface area (Å²) < 4.78 is 2.48. The summed E-state index contributed by atoms with van der Waals surface area (Å²) in [7, 11) is 3.09. The summed E-state index contributed by atoms with van der Waals surface area (Å²) in [4.78, 5) is 28.3. The molecule has 0 spiro atoms. The number of aromatic nitrogens is 3. The van der Waals surface area contributed by atoms with Crippen molar-refractivity contribution in [2.24, 2.45) is 14.1 Å². The van der Waals surface area contributed by atoms with Gasteiger partial charge in [0.2, 0.25) is 0 Å². The molecule has 0 radical (unpaired) electrons. The van der Waals surface area contributed by atoms with Gasteiger partial charge in [0.1, 0.15) is 5.01 Å². The monoisotopic (exact) mass is 325 g/mol. The van der Waals surface area contributed by atoms with Crippen LogP contribution in [0.15, 0.2) is 51.5 Å². The molecular formula is C17H15N3O2S. The number of hydrogen-bond acceptors (Lipinski definition) is 4. The fraction of sp³-hybridized carbons (Fsp3) is 0.118. The second kappa shape index (κ2) is 6.18. The van der Waals surface area contributed by atoms with Crippen LogP contribution in [0.3, 0.4) is 0 Å². The molecule has 0 atom stereocenters. The Kier molecular flexibility index (Phi) is 4.08. The van der Waals surface area contributed by atoms with E-state index >= 15 is 0 Å². The lowest BCUT2D eigenvalue weighted by molar-refractivity contribution is 0.683. The van der Waals surface area contributed by atoms with Crippen molar-refractivity contribution in [2.75, 3.05) is 0 Å². The van der Waals surface area contributed by atoms with Gasteiger partial charge in [-0.15, -0.1) is 11.3 Å². The van der Waals surface area contributed by atoms with Gasteiger partial charge < -0.3 is 4.57 Å². The Morgan fingerprint density at radius 1 is 1.09 bits per heavy atom. The molecule has 3 aromatic rings. The zero-order chi connectivity index (χ0) is 16.4. The molecule has 1 aromatic carbocycles. The largest absolute Gasteiger partial charge is 0.330 e. The summed E-state index contributed by atoms with van der Waals surface area (Å²) in [6.45, 7) is 0. The van der Waals surface area contributed by atoms with E-state index in [-0.39, 0.29) is 11.2 Å². The first-order valence-electron chi connectivity index (χ1n) is 7.02. The number of hydrogen-bond donors (Lipinski definition) is 0. The topological polar surface area (TPSA) is 56.9 Å². The summed E-state index contributed by atoms with van der Waals surface area (Å²) >= 11 is 1.51. The molecule has 2 heterocycles. The molecule has 0 aliphatic rings. The molecule has 23 heavy (non-hydrogen) atoms. The normalized spacial score (nSPS) is 11.2. The van der Waals surface area contributed by atoms with Crippen LogP contribution in [0, 0.1) is 0 Å². The number of aryl methyl sites for hydroxylation is 1. The molecule has 6 heteroatoms. The maximum absolute atomic E-state index is 12.1. The predicted molar refractivity (Wildman–Crippen MR) is 93.4 cm³/mol. The summed E-state index contributed by atoms with van der Waals surface area (Å²) in [6.07, 6.45) is 5.01. The van der Waals surface area contributed by atoms with Crippen LogP contribution in [-0.4, -0.2) is 14.1 Å². The maximum Gasteiger partial charge on any atom is 0.330 e. The summed E-state index contributed by atoms with van der Waals surface area (Å²) in [5.41, 5.74) is 1.76. The van der Waals surface area contributed by atoms with Gasteiger partial charge in [0, 0.05) is 31.2 Å². The van der Waals surface area contributed by atoms with Gasteiger partial charge in [-0.1, -0.05) is 30.3 Å². The van der Waals surface area contributed by atoms with Gasteiger partial charge in [0.05, 0.1) is 11.3 Å². The van der Waals surface area contributed by atoms with E-state index in [1.807, 2.05) is 35.7 Å². The van der Waals surface area contributed by atoms with Crippen molar-refractivity contribution in [3.63, 3.8) is 0 Å². The van der Waals surface area contributed by atoms with E-state index in [0.29, 0.717) is 5.56 Å². The van der Waals surface area contributed by atoms with E-state index in [0.717, 1.165) is 20.8 Å². The average Bonchev–Trinajstić information content (AvgIpc) is 3.05. The Hall–Kier alpha value is -2.73. The van der Waals surface area contributed by atoms with Crippen LogP contribution in [-0.2, 0) is 14.1 Å². The molecule has 0 unspecified atom stereocenters. The van der Waals surface area contributed by atoms with E-state index < -0.39 is 0 Å². The van der Waals surface area contributed by atoms with Crippen LogP contribution in [0.4, 0.5) is 0 Å². The van der Waals surface area contributed by atoms with Crippen LogP contribution >= 0.6 is 11.3 Å². The minimum absolute atomic E-state index is 0.316. The van der Waals surface area contributed by atoms with Gasteiger partial charge in [-0.25, -0.2) is 9.78 Å². The first-order chi connectivity index (χ1) is 11.1. The molecule has 0 saturated heterocycles. The number of benzene rings is 1. The van der Waals surface area contributed by atoms with Crippen LogP contribution in [0.25, 0.3) is 23.4 Å². The van der Waals surface area contributed by atoms with Crippen molar-refractivity contribution in [3.05, 3.63) is 73.3 Å². The second-order valence-electron chi connectivity index (χ2n) is 5.11. The van der Waals surface area contributed by atoms with Gasteiger partial charge in [0.25, 0.3) is 5.56 Å². The van der Waals surface area contributed by atoms with Crippen LogP contribution in [0.5, 0.6) is 0 Å². The molecule has 0 fully saturated rings. The fourth-order valence-corrected chi connectivity index (χ4v) is 2.94. The molecule has 116 valence electrons. The van der Waals surface area contributed by atoms with Crippen molar-refractivity contribution in [3.8, 4) is 11.3 Å². The Morgan fingerprint density at radius 3 is 2.57 bits per heavy atom. The quantitative estimate of drug-likeness (QED) is 0.743. The van der Waals surface area contributed by atoms with Crippen molar-refractivity contribution >= 4 is 23.5 Å². The molecule has 0 N–H and O–H groups in total. The van der Waals surface area contributed by atoms with Gasteiger partial charge >= 0.3 is 5.69 Å².